The molecule has 0 aromatic heterocycles. The summed E-state index contributed by atoms with van der Waals surface area (Å²) >= 11 is 0. The van der Waals surface area contributed by atoms with Gasteiger partial charge in [0.05, 0.1) is 12.2 Å². The molecule has 2 amide bonds. The molecule has 1 rings (SSSR count). The van der Waals surface area contributed by atoms with E-state index >= 15 is 0 Å². The van der Waals surface area contributed by atoms with Crippen LogP contribution in [0.2, 0.25) is 0 Å². The fourth-order valence-corrected chi connectivity index (χ4v) is 1.24. The molecule has 1 unspecified atom stereocenters. The quantitative estimate of drug-likeness (QED) is 0.714. The highest BCUT2D eigenvalue weighted by molar-refractivity contribution is 5.89. The number of carboxylic acid groups (broad SMARTS) is 1. The number of rotatable bonds is 5. The van der Waals surface area contributed by atoms with E-state index in [1.54, 1.807) is 0 Å². The van der Waals surface area contributed by atoms with Crippen molar-refractivity contribution in [3.8, 4) is 0 Å². The van der Waals surface area contributed by atoms with E-state index in [2.05, 4.69) is 10.1 Å². The number of urea groups is 1. The lowest BCUT2D eigenvalue weighted by Gasteiger charge is -2.12. The first kappa shape index (κ1) is 15.8. The van der Waals surface area contributed by atoms with Crippen LogP contribution < -0.4 is 10.6 Å². The monoisotopic (exact) mass is 292 g/mol. The van der Waals surface area contributed by atoms with E-state index in [4.69, 9.17) is 5.11 Å². The normalized spacial score (nSPS) is 11.8. The van der Waals surface area contributed by atoms with Crippen LogP contribution in [0.1, 0.15) is 0 Å². The SMILES string of the molecule is COC(CNC(=O)Nc1cc(F)c(F)cc1F)C(=O)O. The van der Waals surface area contributed by atoms with Crippen LogP contribution >= 0.6 is 0 Å². The molecule has 0 aliphatic rings. The predicted octanol–water partition coefficient (Wildman–Crippen LogP) is 1.32. The Kier molecular flexibility index (Phi) is 5.32. The molecule has 1 atom stereocenters. The molecule has 0 saturated carbocycles. The zero-order chi connectivity index (χ0) is 15.3. The molecule has 0 radical (unpaired) electrons. The summed E-state index contributed by atoms with van der Waals surface area (Å²) in [5.74, 6) is -5.19. The number of aliphatic carboxylic acids is 1. The summed E-state index contributed by atoms with van der Waals surface area (Å²) in [4.78, 5) is 21.9. The second-order valence-electron chi connectivity index (χ2n) is 3.64. The second kappa shape index (κ2) is 6.75. The molecule has 1 aromatic rings. The van der Waals surface area contributed by atoms with Gasteiger partial charge in [-0.2, -0.15) is 0 Å². The topological polar surface area (TPSA) is 87.7 Å². The first-order chi connectivity index (χ1) is 9.35. The Hall–Kier alpha value is -2.29. The van der Waals surface area contributed by atoms with Gasteiger partial charge in [0.15, 0.2) is 17.7 Å². The van der Waals surface area contributed by atoms with Gasteiger partial charge in [-0.05, 0) is 0 Å². The third kappa shape index (κ3) is 4.12. The average Bonchev–Trinajstić information content (AvgIpc) is 2.36. The van der Waals surface area contributed by atoms with Crippen LogP contribution in [0.4, 0.5) is 23.7 Å². The van der Waals surface area contributed by atoms with Crippen molar-refractivity contribution in [3.05, 3.63) is 29.6 Å². The molecule has 110 valence electrons. The summed E-state index contributed by atoms with van der Waals surface area (Å²) in [7, 11) is 1.13. The summed E-state index contributed by atoms with van der Waals surface area (Å²) in [6.07, 6.45) is -1.28. The van der Waals surface area contributed by atoms with E-state index in [9.17, 15) is 22.8 Å². The Morgan fingerprint density at radius 1 is 1.25 bits per heavy atom. The summed E-state index contributed by atoms with van der Waals surface area (Å²) in [6.45, 7) is -0.386. The number of methoxy groups -OCH3 is 1. The third-order valence-electron chi connectivity index (χ3n) is 2.27. The number of carbonyl (C=O) groups excluding carboxylic acids is 1. The highest BCUT2D eigenvalue weighted by Gasteiger charge is 2.18. The average molecular weight is 292 g/mol. The van der Waals surface area contributed by atoms with Crippen molar-refractivity contribution in [2.75, 3.05) is 19.0 Å². The van der Waals surface area contributed by atoms with Crippen LogP contribution in [-0.4, -0.2) is 36.9 Å². The van der Waals surface area contributed by atoms with Gasteiger partial charge in [0.25, 0.3) is 0 Å². The summed E-state index contributed by atoms with van der Waals surface area (Å²) < 4.78 is 43.3. The molecule has 0 fully saturated rings. The lowest BCUT2D eigenvalue weighted by Crippen LogP contribution is -2.39. The van der Waals surface area contributed by atoms with Crippen molar-refractivity contribution in [1.29, 1.82) is 0 Å². The molecule has 0 aliphatic carbocycles. The van der Waals surface area contributed by atoms with Crippen molar-refractivity contribution in [2.45, 2.75) is 6.10 Å². The standard InChI is InChI=1S/C11H11F3N2O4/c1-20-9(10(17)18)4-15-11(19)16-8-3-6(13)5(12)2-7(8)14/h2-3,9H,4H2,1H3,(H,17,18)(H2,15,16,19). The number of halogens is 3. The van der Waals surface area contributed by atoms with Crippen molar-refractivity contribution in [2.24, 2.45) is 0 Å². The van der Waals surface area contributed by atoms with Crippen molar-refractivity contribution in [3.63, 3.8) is 0 Å². The molecule has 9 heteroatoms. The van der Waals surface area contributed by atoms with Crippen LogP contribution in [-0.2, 0) is 9.53 Å². The maximum Gasteiger partial charge on any atom is 0.334 e. The van der Waals surface area contributed by atoms with E-state index in [0.29, 0.717) is 6.07 Å². The second-order valence-corrected chi connectivity index (χ2v) is 3.64. The fourth-order valence-electron chi connectivity index (χ4n) is 1.24. The predicted molar refractivity (Wildman–Crippen MR) is 61.8 cm³/mol. The summed E-state index contributed by atoms with van der Waals surface area (Å²) in [5, 5.41) is 12.6. The molecule has 0 aliphatic heterocycles. The van der Waals surface area contributed by atoms with Crippen molar-refractivity contribution >= 4 is 17.7 Å². The van der Waals surface area contributed by atoms with Gasteiger partial charge in [-0.1, -0.05) is 0 Å². The van der Waals surface area contributed by atoms with Crippen molar-refractivity contribution < 1.29 is 32.6 Å². The number of benzene rings is 1. The van der Waals surface area contributed by atoms with Crippen molar-refractivity contribution in [1.82, 2.24) is 5.32 Å². The molecular weight excluding hydrogens is 281 g/mol. The Morgan fingerprint density at radius 3 is 2.40 bits per heavy atom. The third-order valence-corrected chi connectivity index (χ3v) is 2.27. The van der Waals surface area contributed by atoms with Crippen LogP contribution in [0.25, 0.3) is 0 Å². The Morgan fingerprint density at radius 2 is 1.85 bits per heavy atom. The number of ether oxygens (including phenoxy) is 1. The Bertz CT molecular complexity index is 525. The molecule has 0 heterocycles. The van der Waals surface area contributed by atoms with Gasteiger partial charge >= 0.3 is 12.0 Å². The molecule has 1 aromatic carbocycles. The smallest absolute Gasteiger partial charge is 0.334 e. The zero-order valence-corrected chi connectivity index (χ0v) is 10.2. The Balaban J connectivity index is 2.63. The number of nitrogens with one attached hydrogen (secondary N) is 2. The molecule has 20 heavy (non-hydrogen) atoms. The number of anilines is 1. The van der Waals surface area contributed by atoms with Crippen LogP contribution in [0.15, 0.2) is 12.1 Å². The van der Waals surface area contributed by atoms with Gasteiger partial charge in [0.2, 0.25) is 0 Å². The molecule has 0 saturated heterocycles. The number of carboxylic acids is 1. The molecule has 0 spiro atoms. The number of hydrogen-bond acceptors (Lipinski definition) is 3. The van der Waals surface area contributed by atoms with Gasteiger partial charge in [-0.25, -0.2) is 22.8 Å². The zero-order valence-electron chi connectivity index (χ0n) is 10.2. The number of hydrogen-bond donors (Lipinski definition) is 3. The lowest BCUT2D eigenvalue weighted by molar-refractivity contribution is -0.147. The molecule has 0 bridgehead atoms. The molecule has 3 N–H and O–H groups in total. The van der Waals surface area contributed by atoms with Gasteiger partial charge in [0, 0.05) is 19.2 Å². The highest BCUT2D eigenvalue weighted by Crippen LogP contribution is 2.18. The summed E-state index contributed by atoms with van der Waals surface area (Å²) in [5.41, 5.74) is -0.578. The van der Waals surface area contributed by atoms with Crippen LogP contribution in [0.5, 0.6) is 0 Å². The van der Waals surface area contributed by atoms with Gasteiger partial charge in [-0.3, -0.25) is 0 Å². The molecular formula is C11H11F3N2O4. The Labute approximate surface area is 111 Å². The van der Waals surface area contributed by atoms with Gasteiger partial charge in [-0.15, -0.1) is 0 Å². The first-order valence-corrected chi connectivity index (χ1v) is 5.30. The largest absolute Gasteiger partial charge is 0.479 e. The van der Waals surface area contributed by atoms with Crippen LogP contribution in [0.3, 0.4) is 0 Å². The minimum Gasteiger partial charge on any atom is -0.479 e. The van der Waals surface area contributed by atoms with Gasteiger partial charge in [0.1, 0.15) is 5.82 Å². The first-order valence-electron chi connectivity index (χ1n) is 5.30. The number of amides is 2. The molecule has 6 nitrogen and oxygen atoms in total. The van der Waals surface area contributed by atoms with E-state index in [-0.39, 0.29) is 12.6 Å². The van der Waals surface area contributed by atoms with E-state index in [0.717, 1.165) is 7.11 Å². The van der Waals surface area contributed by atoms with E-state index < -0.39 is 41.2 Å². The van der Waals surface area contributed by atoms with E-state index in [1.807, 2.05) is 5.32 Å². The van der Waals surface area contributed by atoms with Crippen LogP contribution in [0, 0.1) is 17.5 Å². The lowest BCUT2D eigenvalue weighted by atomic mass is 10.3. The van der Waals surface area contributed by atoms with E-state index in [1.165, 1.54) is 0 Å². The number of carbonyl (C=O) groups is 2. The fraction of sp³-hybridized carbons (Fsp3) is 0.273. The maximum atomic E-state index is 13.2. The highest BCUT2D eigenvalue weighted by atomic mass is 19.2. The van der Waals surface area contributed by atoms with Gasteiger partial charge < -0.3 is 20.5 Å². The minimum absolute atomic E-state index is 0.278. The summed E-state index contributed by atoms with van der Waals surface area (Å²) in [6, 6.07) is -0.242. The minimum atomic E-state index is -1.39. The maximum absolute atomic E-state index is 13.2.